The molecular weight excluding hydrogens is 176 g/mol. The summed E-state index contributed by atoms with van der Waals surface area (Å²) in [5.41, 5.74) is 0.970. The summed E-state index contributed by atoms with van der Waals surface area (Å²) in [6, 6.07) is 13.8. The molecule has 2 aromatic rings. The summed E-state index contributed by atoms with van der Waals surface area (Å²) in [7, 11) is 0. The Morgan fingerprint density at radius 2 is 1.64 bits per heavy atom. The van der Waals surface area contributed by atoms with Crippen LogP contribution >= 0.6 is 0 Å². The summed E-state index contributed by atoms with van der Waals surface area (Å²) in [6.45, 7) is 0. The number of hydrogen-bond acceptors (Lipinski definition) is 2. The van der Waals surface area contributed by atoms with Gasteiger partial charge in [0.15, 0.2) is 6.29 Å². The van der Waals surface area contributed by atoms with E-state index in [1.165, 1.54) is 0 Å². The van der Waals surface area contributed by atoms with Crippen LogP contribution in [-0.2, 0) is 6.42 Å². The zero-order valence-electron chi connectivity index (χ0n) is 7.72. The topological polar surface area (TPSA) is 40.5 Å². The predicted octanol–water partition coefficient (Wildman–Crippen LogP) is 1.69. The van der Waals surface area contributed by atoms with Gasteiger partial charge in [0.1, 0.15) is 0 Å². The molecule has 0 fully saturated rings. The molecule has 2 N–H and O–H groups in total. The van der Waals surface area contributed by atoms with Crippen molar-refractivity contribution in [3.63, 3.8) is 0 Å². The first-order valence-electron chi connectivity index (χ1n) is 4.60. The summed E-state index contributed by atoms with van der Waals surface area (Å²) in [5.74, 6) is 0. The van der Waals surface area contributed by atoms with Crippen molar-refractivity contribution in [1.29, 1.82) is 0 Å². The maximum Gasteiger partial charge on any atom is 0.155 e. The van der Waals surface area contributed by atoms with Crippen LogP contribution < -0.4 is 0 Å². The summed E-state index contributed by atoms with van der Waals surface area (Å²) in [6.07, 6.45) is -0.998. The molecule has 0 heterocycles. The lowest BCUT2D eigenvalue weighted by atomic mass is 10.0. The largest absolute Gasteiger partial charge is 0.368 e. The molecule has 0 radical (unpaired) electrons. The molecule has 0 spiro atoms. The molecule has 0 saturated heterocycles. The average molecular weight is 188 g/mol. The molecule has 0 aliphatic heterocycles. The van der Waals surface area contributed by atoms with E-state index in [-0.39, 0.29) is 6.42 Å². The fourth-order valence-electron chi connectivity index (χ4n) is 1.67. The molecule has 2 heteroatoms. The Bertz CT molecular complexity index is 430. The Balaban J connectivity index is 2.53. The number of aliphatic hydroxyl groups is 2. The van der Waals surface area contributed by atoms with Crippen LogP contribution in [0.3, 0.4) is 0 Å². The third-order valence-electron chi connectivity index (χ3n) is 2.28. The number of hydrogen-bond donors (Lipinski definition) is 2. The van der Waals surface area contributed by atoms with E-state index < -0.39 is 6.29 Å². The molecule has 0 atom stereocenters. The van der Waals surface area contributed by atoms with E-state index in [1.807, 2.05) is 42.5 Å². The van der Waals surface area contributed by atoms with E-state index in [9.17, 15) is 0 Å². The predicted molar refractivity (Wildman–Crippen MR) is 55.9 cm³/mol. The van der Waals surface area contributed by atoms with Gasteiger partial charge in [0.05, 0.1) is 0 Å². The molecule has 72 valence electrons. The summed E-state index contributed by atoms with van der Waals surface area (Å²) in [5, 5.41) is 20.1. The molecule has 0 aliphatic rings. The Morgan fingerprint density at radius 1 is 0.929 bits per heavy atom. The van der Waals surface area contributed by atoms with Crippen LogP contribution in [0.2, 0.25) is 0 Å². The Labute approximate surface area is 82.4 Å². The minimum Gasteiger partial charge on any atom is -0.368 e. The van der Waals surface area contributed by atoms with Gasteiger partial charge in [0, 0.05) is 6.42 Å². The smallest absolute Gasteiger partial charge is 0.155 e. The van der Waals surface area contributed by atoms with E-state index in [1.54, 1.807) is 0 Å². The van der Waals surface area contributed by atoms with Gasteiger partial charge < -0.3 is 10.2 Å². The molecular formula is C12H12O2. The fraction of sp³-hybridized carbons (Fsp3) is 0.167. The highest BCUT2D eigenvalue weighted by Gasteiger charge is 2.03. The van der Waals surface area contributed by atoms with Gasteiger partial charge in [-0.05, 0) is 16.3 Å². The van der Waals surface area contributed by atoms with Crippen molar-refractivity contribution in [3.8, 4) is 0 Å². The fourth-order valence-corrected chi connectivity index (χ4v) is 1.67. The van der Waals surface area contributed by atoms with Crippen LogP contribution in [0.5, 0.6) is 0 Å². The average Bonchev–Trinajstić information content (AvgIpc) is 2.18. The molecule has 2 rings (SSSR count). The first-order chi connectivity index (χ1) is 6.77. The maximum atomic E-state index is 8.92. The van der Waals surface area contributed by atoms with Crippen molar-refractivity contribution in [3.05, 3.63) is 48.0 Å². The van der Waals surface area contributed by atoms with E-state index >= 15 is 0 Å². The molecule has 2 aromatic carbocycles. The summed E-state index contributed by atoms with van der Waals surface area (Å²) < 4.78 is 0. The molecule has 0 aliphatic carbocycles. The van der Waals surface area contributed by atoms with E-state index in [0.717, 1.165) is 16.3 Å². The second-order valence-corrected chi connectivity index (χ2v) is 3.32. The molecule has 0 saturated carbocycles. The Hall–Kier alpha value is -1.38. The van der Waals surface area contributed by atoms with Gasteiger partial charge in [-0.25, -0.2) is 0 Å². The zero-order chi connectivity index (χ0) is 9.97. The molecule has 0 aromatic heterocycles. The lowest BCUT2D eigenvalue weighted by Crippen LogP contribution is -2.08. The van der Waals surface area contributed by atoms with Crippen molar-refractivity contribution in [2.75, 3.05) is 0 Å². The lowest BCUT2D eigenvalue weighted by Gasteiger charge is -2.07. The number of aliphatic hydroxyl groups excluding tert-OH is 1. The zero-order valence-corrected chi connectivity index (χ0v) is 7.72. The lowest BCUT2D eigenvalue weighted by molar-refractivity contribution is -0.0379. The van der Waals surface area contributed by atoms with Gasteiger partial charge in [0.2, 0.25) is 0 Å². The van der Waals surface area contributed by atoms with Gasteiger partial charge in [-0.1, -0.05) is 42.5 Å². The van der Waals surface area contributed by atoms with E-state index in [2.05, 4.69) is 0 Å². The van der Waals surface area contributed by atoms with Crippen LogP contribution in [0.4, 0.5) is 0 Å². The van der Waals surface area contributed by atoms with Gasteiger partial charge >= 0.3 is 0 Å². The van der Waals surface area contributed by atoms with Gasteiger partial charge in [-0.15, -0.1) is 0 Å². The van der Waals surface area contributed by atoms with Gasteiger partial charge in [-0.2, -0.15) is 0 Å². The molecule has 0 amide bonds. The highest BCUT2D eigenvalue weighted by atomic mass is 16.5. The number of benzene rings is 2. The van der Waals surface area contributed by atoms with Crippen LogP contribution in [0.25, 0.3) is 10.8 Å². The van der Waals surface area contributed by atoms with Crippen molar-refractivity contribution >= 4 is 10.8 Å². The molecule has 0 bridgehead atoms. The van der Waals surface area contributed by atoms with Crippen molar-refractivity contribution in [2.45, 2.75) is 12.7 Å². The van der Waals surface area contributed by atoms with E-state index in [0.29, 0.717) is 0 Å². The van der Waals surface area contributed by atoms with Crippen LogP contribution in [0.15, 0.2) is 42.5 Å². The molecule has 0 unspecified atom stereocenters. The van der Waals surface area contributed by atoms with Crippen molar-refractivity contribution in [1.82, 2.24) is 0 Å². The highest BCUT2D eigenvalue weighted by Crippen LogP contribution is 2.19. The number of fused-ring (bicyclic) bond motifs is 1. The minimum atomic E-state index is -1.28. The number of rotatable bonds is 2. The first kappa shape index (κ1) is 9.19. The molecule has 2 nitrogen and oxygen atoms in total. The van der Waals surface area contributed by atoms with Gasteiger partial charge in [-0.3, -0.25) is 0 Å². The second-order valence-electron chi connectivity index (χ2n) is 3.32. The monoisotopic (exact) mass is 188 g/mol. The normalized spacial score (nSPS) is 11.1. The van der Waals surface area contributed by atoms with Crippen molar-refractivity contribution < 1.29 is 10.2 Å². The molecule has 14 heavy (non-hydrogen) atoms. The minimum absolute atomic E-state index is 0.279. The first-order valence-corrected chi connectivity index (χ1v) is 4.60. The van der Waals surface area contributed by atoms with Crippen LogP contribution in [0, 0.1) is 0 Å². The summed E-state index contributed by atoms with van der Waals surface area (Å²) in [4.78, 5) is 0. The van der Waals surface area contributed by atoms with Crippen LogP contribution in [-0.4, -0.2) is 16.5 Å². The highest BCUT2D eigenvalue weighted by molar-refractivity contribution is 5.85. The summed E-state index contributed by atoms with van der Waals surface area (Å²) >= 11 is 0. The Kier molecular flexibility index (Phi) is 2.48. The Morgan fingerprint density at radius 3 is 2.43 bits per heavy atom. The SMILES string of the molecule is OC(O)Cc1cccc2ccccc12. The second kappa shape index (κ2) is 3.78. The third-order valence-corrected chi connectivity index (χ3v) is 2.28. The third kappa shape index (κ3) is 1.76. The van der Waals surface area contributed by atoms with Crippen molar-refractivity contribution in [2.24, 2.45) is 0 Å². The quantitative estimate of drug-likeness (QED) is 0.704. The maximum absolute atomic E-state index is 8.92. The van der Waals surface area contributed by atoms with Crippen LogP contribution in [0.1, 0.15) is 5.56 Å². The van der Waals surface area contributed by atoms with Gasteiger partial charge in [0.25, 0.3) is 0 Å². The standard InChI is InChI=1S/C12H12O2/c13-12(14)8-10-6-3-5-9-4-1-2-7-11(9)10/h1-7,12-14H,8H2. The van der Waals surface area contributed by atoms with E-state index in [4.69, 9.17) is 10.2 Å².